The molecule has 21 heavy (non-hydrogen) atoms. The fourth-order valence-electron chi connectivity index (χ4n) is 1.76. The second-order valence-electron chi connectivity index (χ2n) is 4.37. The summed E-state index contributed by atoms with van der Waals surface area (Å²) in [5.41, 5.74) is -0.136. The summed E-state index contributed by atoms with van der Waals surface area (Å²) in [6.07, 6.45) is 0.274. The van der Waals surface area contributed by atoms with Gasteiger partial charge in [-0.2, -0.15) is 0 Å². The van der Waals surface area contributed by atoms with Crippen molar-refractivity contribution in [2.24, 2.45) is 0 Å². The number of carboxylic acids is 1. The summed E-state index contributed by atoms with van der Waals surface area (Å²) < 4.78 is 4.86. The normalized spacial score (nSPS) is 10.0. The molecule has 1 aromatic carbocycles. The van der Waals surface area contributed by atoms with Crippen molar-refractivity contribution < 1.29 is 24.4 Å². The number of amides is 1. The fourth-order valence-corrected chi connectivity index (χ4v) is 1.76. The summed E-state index contributed by atoms with van der Waals surface area (Å²) in [4.78, 5) is 34.1. The predicted molar refractivity (Wildman–Crippen MR) is 73.5 cm³/mol. The van der Waals surface area contributed by atoms with Gasteiger partial charge >= 0.3 is 11.7 Å². The molecule has 0 spiro atoms. The van der Waals surface area contributed by atoms with E-state index in [0.29, 0.717) is 6.42 Å². The van der Waals surface area contributed by atoms with Gasteiger partial charge in [0.15, 0.2) is 5.75 Å². The van der Waals surface area contributed by atoms with Gasteiger partial charge in [0.2, 0.25) is 0 Å². The Bertz CT molecular complexity index is 558. The first-order chi connectivity index (χ1) is 9.86. The van der Waals surface area contributed by atoms with Crippen molar-refractivity contribution in [2.75, 3.05) is 20.7 Å². The van der Waals surface area contributed by atoms with E-state index >= 15 is 0 Å². The summed E-state index contributed by atoms with van der Waals surface area (Å²) in [5, 5.41) is 19.5. The lowest BCUT2D eigenvalue weighted by atomic mass is 10.1. The van der Waals surface area contributed by atoms with Gasteiger partial charge in [-0.15, -0.1) is 0 Å². The largest absolute Gasteiger partial charge is 0.490 e. The second kappa shape index (κ2) is 7.22. The van der Waals surface area contributed by atoms with Crippen LogP contribution in [0.5, 0.6) is 5.75 Å². The van der Waals surface area contributed by atoms with Gasteiger partial charge in [0.1, 0.15) is 0 Å². The van der Waals surface area contributed by atoms with Gasteiger partial charge in [0, 0.05) is 31.6 Å². The van der Waals surface area contributed by atoms with Gasteiger partial charge in [-0.25, -0.2) is 0 Å². The number of aliphatic carboxylic acids is 1. The third-order valence-corrected chi connectivity index (χ3v) is 2.85. The minimum absolute atomic E-state index is 0.0413. The van der Waals surface area contributed by atoms with Crippen LogP contribution in [0, 0.1) is 10.1 Å². The maximum absolute atomic E-state index is 12.1. The van der Waals surface area contributed by atoms with Crippen molar-refractivity contribution >= 4 is 17.6 Å². The number of methoxy groups -OCH3 is 1. The maximum Gasteiger partial charge on any atom is 0.311 e. The molecule has 1 rings (SSSR count). The Hall–Kier alpha value is -2.64. The van der Waals surface area contributed by atoms with Gasteiger partial charge < -0.3 is 14.7 Å². The predicted octanol–water partition coefficient (Wildman–Crippen LogP) is 1.54. The molecule has 8 nitrogen and oxygen atoms in total. The molecule has 0 aromatic heterocycles. The Morgan fingerprint density at radius 3 is 2.62 bits per heavy atom. The summed E-state index contributed by atoms with van der Waals surface area (Å²) in [7, 11) is 2.82. The smallest absolute Gasteiger partial charge is 0.311 e. The van der Waals surface area contributed by atoms with E-state index in [4.69, 9.17) is 9.84 Å². The highest BCUT2D eigenvalue weighted by Gasteiger charge is 2.20. The van der Waals surface area contributed by atoms with E-state index in [-0.39, 0.29) is 30.0 Å². The molecule has 8 heteroatoms. The number of nitro benzene ring substituents is 1. The summed E-state index contributed by atoms with van der Waals surface area (Å²) in [6, 6.07) is 3.94. The standard InChI is InChI=1S/C13H16N2O6/c1-14(7-3-4-12(16)17)13(18)9-5-6-11(21-2)10(8-9)15(19)20/h5-6,8H,3-4,7H2,1-2H3,(H,16,17). The molecule has 1 amide bonds. The topological polar surface area (TPSA) is 110 Å². The van der Waals surface area contributed by atoms with Gasteiger partial charge in [0.05, 0.1) is 12.0 Å². The lowest BCUT2D eigenvalue weighted by Crippen LogP contribution is -2.28. The van der Waals surface area contributed by atoms with Crippen molar-refractivity contribution in [3.8, 4) is 5.75 Å². The highest BCUT2D eigenvalue weighted by Crippen LogP contribution is 2.27. The Balaban J connectivity index is 2.84. The average Bonchev–Trinajstić information content (AvgIpc) is 2.45. The number of carbonyl (C=O) groups is 2. The lowest BCUT2D eigenvalue weighted by Gasteiger charge is -2.16. The first-order valence-electron chi connectivity index (χ1n) is 6.16. The van der Waals surface area contributed by atoms with Crippen molar-refractivity contribution in [2.45, 2.75) is 12.8 Å². The van der Waals surface area contributed by atoms with Crippen molar-refractivity contribution in [3.63, 3.8) is 0 Å². The number of carboxylic acid groups (broad SMARTS) is 1. The molecule has 114 valence electrons. The third-order valence-electron chi connectivity index (χ3n) is 2.85. The van der Waals surface area contributed by atoms with E-state index in [1.54, 1.807) is 0 Å². The molecule has 0 heterocycles. The van der Waals surface area contributed by atoms with E-state index in [1.165, 1.54) is 31.2 Å². The first-order valence-corrected chi connectivity index (χ1v) is 6.16. The van der Waals surface area contributed by atoms with Crippen LogP contribution in [-0.2, 0) is 4.79 Å². The molecule has 1 N–H and O–H groups in total. The number of rotatable bonds is 7. The zero-order chi connectivity index (χ0) is 16.0. The molecule has 0 unspecified atom stereocenters. The van der Waals surface area contributed by atoms with Crippen LogP contribution in [-0.4, -0.2) is 47.5 Å². The monoisotopic (exact) mass is 296 g/mol. The Morgan fingerprint density at radius 1 is 1.43 bits per heavy atom. The molecule has 0 aliphatic heterocycles. The highest BCUT2D eigenvalue weighted by atomic mass is 16.6. The molecule has 0 atom stereocenters. The second-order valence-corrected chi connectivity index (χ2v) is 4.37. The van der Waals surface area contributed by atoms with Crippen LogP contribution >= 0.6 is 0 Å². The van der Waals surface area contributed by atoms with E-state index in [2.05, 4.69) is 0 Å². The van der Waals surface area contributed by atoms with Gasteiger partial charge in [-0.3, -0.25) is 19.7 Å². The zero-order valence-corrected chi connectivity index (χ0v) is 11.7. The molecule has 0 bridgehead atoms. The SMILES string of the molecule is COc1ccc(C(=O)N(C)CCCC(=O)O)cc1[N+](=O)[O-]. The minimum Gasteiger partial charge on any atom is -0.490 e. The number of hydrogen-bond donors (Lipinski definition) is 1. The molecule has 0 fully saturated rings. The molecule has 0 radical (unpaired) electrons. The van der Waals surface area contributed by atoms with E-state index in [0.717, 1.165) is 6.07 Å². The molecule has 0 aliphatic carbocycles. The molecule has 0 aliphatic rings. The molecule has 0 saturated heterocycles. The van der Waals surface area contributed by atoms with Gasteiger partial charge in [-0.05, 0) is 18.6 Å². The van der Waals surface area contributed by atoms with Crippen molar-refractivity contribution in [3.05, 3.63) is 33.9 Å². The number of hydrogen-bond acceptors (Lipinski definition) is 5. The maximum atomic E-state index is 12.1. The first kappa shape index (κ1) is 16.4. The molecule has 1 aromatic rings. The quantitative estimate of drug-likeness (QED) is 0.603. The summed E-state index contributed by atoms with van der Waals surface area (Å²) >= 11 is 0. The van der Waals surface area contributed by atoms with Crippen LogP contribution in [0.4, 0.5) is 5.69 Å². The molecular weight excluding hydrogens is 280 g/mol. The highest BCUT2D eigenvalue weighted by molar-refractivity contribution is 5.95. The third kappa shape index (κ3) is 4.44. The number of nitrogens with zero attached hydrogens (tertiary/aromatic N) is 2. The van der Waals surface area contributed by atoms with Crippen LogP contribution in [0.2, 0.25) is 0 Å². The summed E-state index contributed by atoms with van der Waals surface area (Å²) in [5.74, 6) is -1.27. The number of benzene rings is 1. The minimum atomic E-state index is -0.934. The van der Waals surface area contributed by atoms with E-state index < -0.39 is 16.8 Å². The van der Waals surface area contributed by atoms with Crippen molar-refractivity contribution in [1.29, 1.82) is 0 Å². The number of nitro groups is 1. The van der Waals surface area contributed by atoms with Crippen LogP contribution in [0.25, 0.3) is 0 Å². The zero-order valence-electron chi connectivity index (χ0n) is 11.7. The number of ether oxygens (including phenoxy) is 1. The van der Waals surface area contributed by atoms with Gasteiger partial charge in [0.25, 0.3) is 5.91 Å². The molecular formula is C13H16N2O6. The fraction of sp³-hybridized carbons (Fsp3) is 0.385. The summed E-state index contributed by atoms with van der Waals surface area (Å²) in [6.45, 7) is 0.255. The van der Waals surface area contributed by atoms with Gasteiger partial charge in [-0.1, -0.05) is 0 Å². The lowest BCUT2D eigenvalue weighted by molar-refractivity contribution is -0.385. The Kier molecular flexibility index (Phi) is 5.65. The van der Waals surface area contributed by atoms with Crippen LogP contribution in [0.1, 0.15) is 23.2 Å². The van der Waals surface area contributed by atoms with Crippen molar-refractivity contribution in [1.82, 2.24) is 4.90 Å². The number of carbonyl (C=O) groups excluding carboxylic acids is 1. The van der Waals surface area contributed by atoms with Crippen LogP contribution < -0.4 is 4.74 Å². The van der Waals surface area contributed by atoms with Crippen LogP contribution in [0.15, 0.2) is 18.2 Å². The Labute approximate surface area is 121 Å². The van der Waals surface area contributed by atoms with E-state index in [9.17, 15) is 19.7 Å². The molecule has 0 saturated carbocycles. The van der Waals surface area contributed by atoms with Crippen LogP contribution in [0.3, 0.4) is 0 Å². The average molecular weight is 296 g/mol. The van der Waals surface area contributed by atoms with E-state index in [1.807, 2.05) is 0 Å². The Morgan fingerprint density at radius 2 is 2.10 bits per heavy atom.